The summed E-state index contributed by atoms with van der Waals surface area (Å²) in [4.78, 5) is 0. The van der Waals surface area contributed by atoms with Gasteiger partial charge in [0.05, 0.1) is 19.3 Å². The summed E-state index contributed by atoms with van der Waals surface area (Å²) in [5, 5.41) is 9.61. The van der Waals surface area contributed by atoms with Crippen LogP contribution in [0.1, 0.15) is 38.7 Å². The van der Waals surface area contributed by atoms with Crippen molar-refractivity contribution in [2.75, 3.05) is 6.61 Å². The Balaban J connectivity index is 2.38. The van der Waals surface area contributed by atoms with Gasteiger partial charge < -0.3 is 9.84 Å². The molecular weight excluding hydrogens is 236 g/mol. The Labute approximate surface area is 116 Å². The molecule has 0 aliphatic carbocycles. The van der Waals surface area contributed by atoms with Crippen LogP contribution in [0.2, 0.25) is 0 Å². The Kier molecular flexibility index (Phi) is 7.92. The molecule has 0 aromatic heterocycles. The first-order valence-electron chi connectivity index (χ1n) is 6.97. The van der Waals surface area contributed by atoms with E-state index in [1.807, 2.05) is 36.4 Å². The molecule has 19 heavy (non-hydrogen) atoms. The van der Waals surface area contributed by atoms with Gasteiger partial charge in [0, 0.05) is 0 Å². The van der Waals surface area contributed by atoms with Gasteiger partial charge in [-0.2, -0.15) is 0 Å². The van der Waals surface area contributed by atoms with E-state index >= 15 is 0 Å². The van der Waals surface area contributed by atoms with E-state index in [1.54, 1.807) is 6.92 Å². The Morgan fingerprint density at radius 2 is 2.11 bits per heavy atom. The van der Waals surface area contributed by atoms with Gasteiger partial charge in [-0.15, -0.1) is 5.73 Å². The van der Waals surface area contributed by atoms with Gasteiger partial charge in [0.1, 0.15) is 0 Å². The topological polar surface area (TPSA) is 29.5 Å². The maximum atomic E-state index is 9.61. The molecule has 0 bridgehead atoms. The lowest BCUT2D eigenvalue weighted by Crippen LogP contribution is -2.03. The summed E-state index contributed by atoms with van der Waals surface area (Å²) in [7, 11) is 0. The molecule has 1 rings (SSSR count). The van der Waals surface area contributed by atoms with Crippen molar-refractivity contribution in [3.63, 3.8) is 0 Å². The van der Waals surface area contributed by atoms with Gasteiger partial charge in [-0.3, -0.25) is 0 Å². The zero-order valence-corrected chi connectivity index (χ0v) is 11.9. The molecule has 1 N–H and O–H groups in total. The number of hydrogen-bond donors (Lipinski definition) is 1. The van der Waals surface area contributed by atoms with Crippen LogP contribution in [0.15, 0.2) is 47.7 Å². The SMILES string of the molecule is CCCCC(=C=CCOCc1ccccc1)C(C)O. The molecule has 2 heteroatoms. The second kappa shape index (κ2) is 9.57. The predicted octanol–water partition coefficient (Wildman–Crippen LogP) is 3.86. The van der Waals surface area contributed by atoms with Gasteiger partial charge >= 0.3 is 0 Å². The normalized spacial score (nSPS) is 11.7. The highest BCUT2D eigenvalue weighted by Gasteiger charge is 2.02. The molecule has 1 aromatic carbocycles. The van der Waals surface area contributed by atoms with Crippen LogP contribution in [-0.4, -0.2) is 17.8 Å². The second-order valence-electron chi connectivity index (χ2n) is 4.65. The van der Waals surface area contributed by atoms with Gasteiger partial charge in [0.25, 0.3) is 0 Å². The van der Waals surface area contributed by atoms with Crippen molar-refractivity contribution in [2.24, 2.45) is 0 Å². The highest BCUT2D eigenvalue weighted by molar-refractivity contribution is 5.13. The number of ether oxygens (including phenoxy) is 1. The Morgan fingerprint density at radius 3 is 2.74 bits per heavy atom. The van der Waals surface area contributed by atoms with E-state index in [2.05, 4.69) is 12.7 Å². The van der Waals surface area contributed by atoms with E-state index in [0.29, 0.717) is 13.2 Å². The lowest BCUT2D eigenvalue weighted by Gasteiger charge is -2.06. The van der Waals surface area contributed by atoms with Gasteiger partial charge in [0.15, 0.2) is 0 Å². The third-order valence-electron chi connectivity index (χ3n) is 2.90. The summed E-state index contributed by atoms with van der Waals surface area (Å²) in [6.07, 6.45) is 4.56. The summed E-state index contributed by atoms with van der Waals surface area (Å²) in [6, 6.07) is 10.1. The fourth-order valence-corrected chi connectivity index (χ4v) is 1.75. The minimum Gasteiger partial charge on any atom is -0.388 e. The number of aliphatic hydroxyl groups excluding tert-OH is 1. The summed E-state index contributed by atoms with van der Waals surface area (Å²) in [5.41, 5.74) is 5.29. The van der Waals surface area contributed by atoms with Crippen LogP contribution in [0.5, 0.6) is 0 Å². The molecule has 0 heterocycles. The smallest absolute Gasteiger partial charge is 0.0795 e. The Bertz CT molecular complexity index is 401. The summed E-state index contributed by atoms with van der Waals surface area (Å²) < 4.78 is 5.54. The minimum atomic E-state index is -0.420. The van der Waals surface area contributed by atoms with E-state index < -0.39 is 6.10 Å². The van der Waals surface area contributed by atoms with Crippen molar-refractivity contribution in [1.29, 1.82) is 0 Å². The van der Waals surface area contributed by atoms with Crippen molar-refractivity contribution in [3.05, 3.63) is 53.3 Å². The molecule has 0 saturated carbocycles. The van der Waals surface area contributed by atoms with Crippen LogP contribution in [0.25, 0.3) is 0 Å². The fraction of sp³-hybridized carbons (Fsp3) is 0.471. The average Bonchev–Trinajstić information content (AvgIpc) is 2.42. The van der Waals surface area contributed by atoms with Crippen LogP contribution in [0.4, 0.5) is 0 Å². The van der Waals surface area contributed by atoms with Gasteiger partial charge in [-0.25, -0.2) is 0 Å². The molecule has 0 spiro atoms. The highest BCUT2D eigenvalue weighted by atomic mass is 16.5. The highest BCUT2D eigenvalue weighted by Crippen LogP contribution is 2.10. The van der Waals surface area contributed by atoms with E-state index in [-0.39, 0.29) is 0 Å². The van der Waals surface area contributed by atoms with Crippen LogP contribution in [-0.2, 0) is 11.3 Å². The lowest BCUT2D eigenvalue weighted by molar-refractivity contribution is 0.148. The van der Waals surface area contributed by atoms with E-state index in [0.717, 1.165) is 24.8 Å². The predicted molar refractivity (Wildman–Crippen MR) is 78.9 cm³/mol. The molecule has 1 unspecified atom stereocenters. The number of aliphatic hydroxyl groups is 1. The number of rotatable bonds is 8. The molecule has 1 atom stereocenters. The van der Waals surface area contributed by atoms with Crippen LogP contribution >= 0.6 is 0 Å². The third kappa shape index (κ3) is 6.97. The first kappa shape index (κ1) is 15.7. The minimum absolute atomic E-state index is 0.420. The van der Waals surface area contributed by atoms with Crippen molar-refractivity contribution < 1.29 is 9.84 Å². The number of unbranched alkanes of at least 4 members (excludes halogenated alkanes) is 1. The Hall–Kier alpha value is -1.34. The summed E-state index contributed by atoms with van der Waals surface area (Å²) in [6.45, 7) is 5.07. The maximum absolute atomic E-state index is 9.61. The quantitative estimate of drug-likeness (QED) is 0.568. The van der Waals surface area contributed by atoms with Gasteiger partial charge in [-0.05, 0) is 37.0 Å². The number of hydrogen-bond acceptors (Lipinski definition) is 2. The largest absolute Gasteiger partial charge is 0.388 e. The monoisotopic (exact) mass is 260 g/mol. The van der Waals surface area contributed by atoms with E-state index in [1.165, 1.54) is 5.56 Å². The molecular formula is C17H24O2. The molecule has 104 valence electrons. The molecule has 0 saturated heterocycles. The standard InChI is InChI=1S/C17H24O2/c1-3-4-11-17(15(2)18)12-8-13-19-14-16-9-6-5-7-10-16/h5-10,15,18H,3-4,11,13-14H2,1-2H3. The Morgan fingerprint density at radius 1 is 1.37 bits per heavy atom. The fourth-order valence-electron chi connectivity index (χ4n) is 1.75. The number of benzene rings is 1. The van der Waals surface area contributed by atoms with Crippen LogP contribution in [0.3, 0.4) is 0 Å². The van der Waals surface area contributed by atoms with Gasteiger partial charge in [0.2, 0.25) is 0 Å². The van der Waals surface area contributed by atoms with Crippen molar-refractivity contribution in [1.82, 2.24) is 0 Å². The molecule has 2 nitrogen and oxygen atoms in total. The van der Waals surface area contributed by atoms with Crippen molar-refractivity contribution >= 4 is 0 Å². The van der Waals surface area contributed by atoms with Gasteiger partial charge in [-0.1, -0.05) is 43.7 Å². The van der Waals surface area contributed by atoms with E-state index in [4.69, 9.17) is 4.74 Å². The first-order chi connectivity index (χ1) is 9.24. The third-order valence-corrected chi connectivity index (χ3v) is 2.90. The molecule has 0 amide bonds. The average molecular weight is 260 g/mol. The molecule has 1 aromatic rings. The second-order valence-corrected chi connectivity index (χ2v) is 4.65. The first-order valence-corrected chi connectivity index (χ1v) is 6.97. The lowest BCUT2D eigenvalue weighted by atomic mass is 10.1. The zero-order chi connectivity index (χ0) is 13.9. The summed E-state index contributed by atoms with van der Waals surface area (Å²) >= 11 is 0. The zero-order valence-electron chi connectivity index (χ0n) is 11.9. The maximum Gasteiger partial charge on any atom is 0.0795 e. The van der Waals surface area contributed by atoms with Crippen LogP contribution in [0, 0.1) is 0 Å². The summed E-state index contributed by atoms with van der Waals surface area (Å²) in [5.74, 6) is 0. The van der Waals surface area contributed by atoms with Crippen LogP contribution < -0.4 is 0 Å². The van der Waals surface area contributed by atoms with E-state index in [9.17, 15) is 5.11 Å². The molecule has 0 aliphatic heterocycles. The van der Waals surface area contributed by atoms with Crippen molar-refractivity contribution in [3.8, 4) is 0 Å². The molecule has 0 radical (unpaired) electrons. The van der Waals surface area contributed by atoms with Crippen molar-refractivity contribution in [2.45, 2.75) is 45.8 Å². The molecule has 0 aliphatic rings. The molecule has 0 fully saturated rings.